The molecule has 1 aliphatic carbocycles. The number of nitrogens with one attached hydrogen (secondary N) is 1. The van der Waals surface area contributed by atoms with Crippen molar-refractivity contribution < 1.29 is 4.79 Å². The van der Waals surface area contributed by atoms with E-state index in [9.17, 15) is 9.59 Å². The van der Waals surface area contributed by atoms with Gasteiger partial charge in [-0.2, -0.15) is 5.10 Å². The van der Waals surface area contributed by atoms with Gasteiger partial charge >= 0.3 is 0 Å². The van der Waals surface area contributed by atoms with Crippen molar-refractivity contribution in [2.24, 2.45) is 0 Å². The van der Waals surface area contributed by atoms with E-state index >= 15 is 0 Å². The summed E-state index contributed by atoms with van der Waals surface area (Å²) in [6.45, 7) is 0. The van der Waals surface area contributed by atoms with Gasteiger partial charge in [0.15, 0.2) is 10.8 Å². The molecule has 1 aliphatic heterocycles. The molecule has 1 fully saturated rings. The van der Waals surface area contributed by atoms with Crippen molar-refractivity contribution >= 4 is 28.7 Å². The van der Waals surface area contributed by atoms with E-state index in [4.69, 9.17) is 4.98 Å². The summed E-state index contributed by atoms with van der Waals surface area (Å²) in [6, 6.07) is 9.79. The molecule has 3 aromatic rings. The molecule has 35 heavy (non-hydrogen) atoms. The second-order valence-corrected chi connectivity index (χ2v) is 10.9. The highest BCUT2D eigenvalue weighted by Crippen LogP contribution is 2.33. The zero-order valence-electron chi connectivity index (χ0n) is 20.3. The molecule has 0 spiro atoms. The zero-order valence-corrected chi connectivity index (χ0v) is 21.1. The van der Waals surface area contributed by atoms with Crippen LogP contribution in [0.2, 0.25) is 0 Å². The monoisotopic (exact) mass is 493 g/mol. The highest BCUT2D eigenvalue weighted by atomic mass is 32.2. The summed E-state index contributed by atoms with van der Waals surface area (Å²) < 4.78 is 3.42. The second-order valence-electron chi connectivity index (χ2n) is 9.89. The summed E-state index contributed by atoms with van der Waals surface area (Å²) in [4.78, 5) is 31.2. The van der Waals surface area contributed by atoms with Crippen molar-refractivity contribution in [1.82, 2.24) is 24.6 Å². The number of benzene rings is 1. The van der Waals surface area contributed by atoms with E-state index in [1.54, 1.807) is 27.2 Å². The number of thioether (sulfide) groups is 1. The highest BCUT2D eigenvalue weighted by molar-refractivity contribution is 7.99. The van der Waals surface area contributed by atoms with Gasteiger partial charge in [0.25, 0.3) is 5.56 Å². The van der Waals surface area contributed by atoms with E-state index in [0.29, 0.717) is 28.4 Å². The summed E-state index contributed by atoms with van der Waals surface area (Å²) in [5.74, 6) is 0.735. The van der Waals surface area contributed by atoms with Gasteiger partial charge in [0.05, 0.1) is 17.9 Å². The Kier molecular flexibility index (Phi) is 7.86. The Bertz CT molecular complexity index is 1190. The molecule has 1 aromatic carbocycles. The Hall–Kier alpha value is -2.61. The summed E-state index contributed by atoms with van der Waals surface area (Å²) in [5.41, 5.74) is 1.33. The van der Waals surface area contributed by atoms with Crippen LogP contribution in [0.1, 0.15) is 83.1 Å². The lowest BCUT2D eigenvalue weighted by molar-refractivity contribution is -0.122. The first kappa shape index (κ1) is 24.1. The molecule has 0 bridgehead atoms. The zero-order chi connectivity index (χ0) is 24.0. The van der Waals surface area contributed by atoms with Crippen molar-refractivity contribution in [2.75, 3.05) is 5.75 Å². The number of hydrogen-bond donors (Lipinski definition) is 1. The number of amides is 1. The van der Waals surface area contributed by atoms with Gasteiger partial charge in [0, 0.05) is 18.2 Å². The lowest BCUT2D eigenvalue weighted by Gasteiger charge is -2.21. The molecule has 3 heterocycles. The van der Waals surface area contributed by atoms with Gasteiger partial charge < -0.3 is 5.32 Å². The van der Waals surface area contributed by atoms with Crippen LogP contribution in [0.5, 0.6) is 0 Å². The smallest absolute Gasteiger partial charge is 0.265 e. The first-order valence-electron chi connectivity index (χ1n) is 13.2. The first-order chi connectivity index (χ1) is 17.2. The number of para-hydroxylation sites is 1. The molecule has 1 amide bonds. The molecule has 7 nitrogen and oxygen atoms in total. The standard InChI is InChI=1S/C27H35N5O2S/c33-24(29-20-13-9-6-4-2-1-3-5-7-10-14-20)17-22-19-35-27-30-25-23(26(34)31(22)27)18-28-32(25)21-15-11-8-12-16-21/h8,11-12,15-16,18,20,22H,1-7,9-10,13-14,17,19H2,(H,29,33). The Balaban J connectivity index is 1.28. The van der Waals surface area contributed by atoms with E-state index in [1.165, 1.54) is 57.8 Å². The van der Waals surface area contributed by atoms with E-state index in [0.717, 1.165) is 18.5 Å². The van der Waals surface area contributed by atoms with Crippen LogP contribution in [-0.4, -0.2) is 37.0 Å². The number of nitrogens with zero attached hydrogens (tertiary/aromatic N) is 4. The third-order valence-corrected chi connectivity index (χ3v) is 8.36. The predicted molar refractivity (Wildman–Crippen MR) is 140 cm³/mol. The molecule has 186 valence electrons. The maximum Gasteiger partial charge on any atom is 0.265 e. The Labute approximate surface area is 210 Å². The van der Waals surface area contributed by atoms with E-state index in [2.05, 4.69) is 10.4 Å². The highest BCUT2D eigenvalue weighted by Gasteiger charge is 2.30. The molecular formula is C27H35N5O2S. The Morgan fingerprint density at radius 1 is 0.971 bits per heavy atom. The average Bonchev–Trinajstić information content (AvgIpc) is 3.46. The quantitative estimate of drug-likeness (QED) is 0.492. The van der Waals surface area contributed by atoms with Crippen LogP contribution in [0.25, 0.3) is 16.7 Å². The number of carbonyl (C=O) groups excluding carboxylic acids is 1. The number of aromatic nitrogens is 4. The van der Waals surface area contributed by atoms with Gasteiger partial charge in [-0.05, 0) is 25.0 Å². The van der Waals surface area contributed by atoms with Crippen molar-refractivity contribution in [1.29, 1.82) is 0 Å². The molecule has 2 aromatic heterocycles. The molecule has 1 saturated carbocycles. The molecule has 0 radical (unpaired) electrons. The number of carbonyl (C=O) groups is 1. The van der Waals surface area contributed by atoms with Gasteiger partial charge in [-0.3, -0.25) is 14.2 Å². The maximum atomic E-state index is 13.4. The predicted octanol–water partition coefficient (Wildman–Crippen LogP) is 5.41. The molecule has 1 unspecified atom stereocenters. The Morgan fingerprint density at radius 2 is 1.63 bits per heavy atom. The molecular weight excluding hydrogens is 458 g/mol. The van der Waals surface area contributed by atoms with Crippen LogP contribution in [0.4, 0.5) is 0 Å². The molecule has 2 aliphatic rings. The van der Waals surface area contributed by atoms with Crippen LogP contribution in [0, 0.1) is 0 Å². The van der Waals surface area contributed by atoms with E-state index < -0.39 is 0 Å². The molecule has 5 rings (SSSR count). The van der Waals surface area contributed by atoms with Gasteiger partial charge in [-0.25, -0.2) is 9.67 Å². The summed E-state index contributed by atoms with van der Waals surface area (Å²) >= 11 is 1.55. The van der Waals surface area contributed by atoms with Crippen LogP contribution in [-0.2, 0) is 4.79 Å². The molecule has 8 heteroatoms. The van der Waals surface area contributed by atoms with Crippen molar-refractivity contribution in [3.05, 3.63) is 46.9 Å². The summed E-state index contributed by atoms with van der Waals surface area (Å²) in [6.07, 6.45) is 15.6. The average molecular weight is 494 g/mol. The van der Waals surface area contributed by atoms with E-state index in [-0.39, 0.29) is 23.6 Å². The fraction of sp³-hybridized carbons (Fsp3) is 0.556. The Morgan fingerprint density at radius 3 is 2.31 bits per heavy atom. The van der Waals surface area contributed by atoms with Crippen LogP contribution in [0.3, 0.4) is 0 Å². The SMILES string of the molecule is O=C(CC1CSc2nc3c(cnn3-c3ccccc3)c(=O)n21)NC1CCCCCCCCCCC1. The maximum absolute atomic E-state index is 13.4. The number of hydrogen-bond acceptors (Lipinski definition) is 5. The van der Waals surface area contributed by atoms with Crippen molar-refractivity contribution in [2.45, 2.75) is 94.3 Å². The number of fused-ring (bicyclic) bond motifs is 2. The van der Waals surface area contributed by atoms with Gasteiger partial charge in [0.2, 0.25) is 5.91 Å². The normalized spacial score (nSPS) is 20.2. The van der Waals surface area contributed by atoms with Gasteiger partial charge in [-0.15, -0.1) is 0 Å². The third-order valence-electron chi connectivity index (χ3n) is 7.26. The third kappa shape index (κ3) is 5.63. The van der Waals surface area contributed by atoms with Crippen LogP contribution >= 0.6 is 11.8 Å². The lowest BCUT2D eigenvalue weighted by Crippen LogP contribution is -2.37. The molecule has 1 atom stereocenters. The summed E-state index contributed by atoms with van der Waals surface area (Å²) in [5, 5.41) is 8.90. The lowest BCUT2D eigenvalue weighted by atomic mass is 9.97. The van der Waals surface area contributed by atoms with Gasteiger partial charge in [-0.1, -0.05) is 87.7 Å². The second kappa shape index (κ2) is 11.4. The largest absolute Gasteiger partial charge is 0.353 e. The minimum atomic E-state index is -0.175. The first-order valence-corrected chi connectivity index (χ1v) is 14.2. The minimum absolute atomic E-state index is 0.0486. The van der Waals surface area contributed by atoms with Crippen LogP contribution < -0.4 is 10.9 Å². The van der Waals surface area contributed by atoms with Gasteiger partial charge in [0.1, 0.15) is 5.39 Å². The van der Waals surface area contributed by atoms with Crippen molar-refractivity contribution in [3.63, 3.8) is 0 Å². The fourth-order valence-corrected chi connectivity index (χ4v) is 6.48. The minimum Gasteiger partial charge on any atom is -0.353 e. The molecule has 0 saturated heterocycles. The molecule has 1 N–H and O–H groups in total. The van der Waals surface area contributed by atoms with E-state index in [1.807, 2.05) is 30.3 Å². The van der Waals surface area contributed by atoms with Crippen LogP contribution in [0.15, 0.2) is 46.5 Å². The topological polar surface area (TPSA) is 81.8 Å². The fourth-order valence-electron chi connectivity index (χ4n) is 5.35. The van der Waals surface area contributed by atoms with Crippen molar-refractivity contribution in [3.8, 4) is 5.69 Å². The number of rotatable bonds is 4. The summed E-state index contributed by atoms with van der Waals surface area (Å²) in [7, 11) is 0.